The quantitative estimate of drug-likeness (QED) is 0.479. The smallest absolute Gasteiger partial charge is 0.297 e. The molecule has 3 aromatic heterocycles. The molecule has 160 valence electrons. The second-order valence-electron chi connectivity index (χ2n) is 9.27. The largest absolute Gasteiger partial charge is 0.430 e. The van der Waals surface area contributed by atoms with Crippen LogP contribution < -0.4 is 5.56 Å². The number of hydrogen-bond donors (Lipinski definition) is 0. The van der Waals surface area contributed by atoms with E-state index >= 15 is 0 Å². The van der Waals surface area contributed by atoms with Crippen molar-refractivity contribution in [2.24, 2.45) is 0 Å². The van der Waals surface area contributed by atoms with Gasteiger partial charge in [0.05, 0.1) is 29.6 Å². The Labute approximate surface area is 180 Å². The zero-order valence-electron chi connectivity index (χ0n) is 18.4. The standard InChI is InChI=1S/C25H27N3O3/c1-15(2)20-18-13-30-25(3,4)12-17(18)19-21-22(31-23(19)27-20)24(29)28(14-26-21)11-10-16-8-6-5-7-9-16/h5-9,14-15H,10-13H2,1-4H3. The van der Waals surface area contributed by atoms with Crippen molar-refractivity contribution in [3.63, 3.8) is 0 Å². The van der Waals surface area contributed by atoms with Gasteiger partial charge in [-0.1, -0.05) is 44.2 Å². The maximum atomic E-state index is 13.2. The lowest BCUT2D eigenvalue weighted by molar-refractivity contribution is -0.0402. The lowest BCUT2D eigenvalue weighted by Crippen LogP contribution is -2.33. The fourth-order valence-corrected chi connectivity index (χ4v) is 4.45. The van der Waals surface area contributed by atoms with E-state index in [0.717, 1.165) is 35.0 Å². The minimum Gasteiger partial charge on any atom is -0.430 e. The molecule has 0 radical (unpaired) electrons. The summed E-state index contributed by atoms with van der Waals surface area (Å²) in [4.78, 5) is 22.7. The van der Waals surface area contributed by atoms with Crippen LogP contribution in [0.5, 0.6) is 0 Å². The Hall–Kier alpha value is -2.99. The lowest BCUT2D eigenvalue weighted by Gasteiger charge is -2.33. The Balaban J connectivity index is 1.66. The van der Waals surface area contributed by atoms with Crippen LogP contribution in [0.3, 0.4) is 0 Å². The predicted molar refractivity (Wildman–Crippen MR) is 120 cm³/mol. The third-order valence-electron chi connectivity index (χ3n) is 6.08. The molecule has 0 aliphatic carbocycles. The van der Waals surface area contributed by atoms with E-state index in [9.17, 15) is 4.79 Å². The van der Waals surface area contributed by atoms with Gasteiger partial charge in [0.1, 0.15) is 5.52 Å². The minimum absolute atomic E-state index is 0.162. The molecule has 31 heavy (non-hydrogen) atoms. The number of nitrogens with zero attached hydrogens (tertiary/aromatic N) is 3. The van der Waals surface area contributed by atoms with E-state index in [1.165, 1.54) is 5.56 Å². The molecule has 1 aliphatic rings. The van der Waals surface area contributed by atoms with Crippen LogP contribution in [0.1, 0.15) is 56.0 Å². The summed E-state index contributed by atoms with van der Waals surface area (Å²) in [6.45, 7) is 9.47. The van der Waals surface area contributed by atoms with Gasteiger partial charge in [0, 0.05) is 18.5 Å². The van der Waals surface area contributed by atoms with E-state index in [-0.39, 0.29) is 22.7 Å². The van der Waals surface area contributed by atoms with Gasteiger partial charge in [0.2, 0.25) is 11.3 Å². The fourth-order valence-electron chi connectivity index (χ4n) is 4.45. The third-order valence-corrected chi connectivity index (χ3v) is 6.08. The Bertz CT molecular complexity index is 1330. The van der Waals surface area contributed by atoms with Crippen molar-refractivity contribution >= 4 is 22.2 Å². The molecule has 0 unspecified atom stereocenters. The van der Waals surface area contributed by atoms with Gasteiger partial charge in [-0.3, -0.25) is 9.36 Å². The Kier molecular flexibility index (Phi) is 4.70. The molecule has 0 saturated heterocycles. The molecule has 6 heteroatoms. The molecule has 6 nitrogen and oxygen atoms in total. The summed E-state index contributed by atoms with van der Waals surface area (Å²) in [6, 6.07) is 10.1. The van der Waals surface area contributed by atoms with Gasteiger partial charge in [-0.2, -0.15) is 0 Å². The van der Waals surface area contributed by atoms with Crippen LogP contribution >= 0.6 is 0 Å². The molecule has 4 heterocycles. The van der Waals surface area contributed by atoms with Crippen LogP contribution in [0.25, 0.3) is 22.2 Å². The van der Waals surface area contributed by atoms with Crippen molar-refractivity contribution in [1.82, 2.24) is 14.5 Å². The number of hydrogen-bond acceptors (Lipinski definition) is 5. The number of aryl methyl sites for hydroxylation is 2. The molecule has 0 saturated carbocycles. The normalized spacial score (nSPS) is 15.6. The summed E-state index contributed by atoms with van der Waals surface area (Å²) in [5.74, 6) is 0.228. The highest BCUT2D eigenvalue weighted by molar-refractivity contribution is 6.03. The first-order valence-corrected chi connectivity index (χ1v) is 10.9. The summed E-state index contributed by atoms with van der Waals surface area (Å²) in [7, 11) is 0. The molecule has 4 aromatic rings. The molecule has 0 spiro atoms. The molecule has 0 N–H and O–H groups in total. The van der Waals surface area contributed by atoms with Gasteiger partial charge in [0.25, 0.3) is 5.56 Å². The fraction of sp³-hybridized carbons (Fsp3) is 0.400. The number of rotatable bonds is 4. The van der Waals surface area contributed by atoms with Gasteiger partial charge in [-0.05, 0) is 37.3 Å². The van der Waals surface area contributed by atoms with E-state index < -0.39 is 0 Å². The van der Waals surface area contributed by atoms with Crippen molar-refractivity contribution in [2.75, 3.05) is 0 Å². The Morgan fingerprint density at radius 2 is 1.94 bits per heavy atom. The molecular weight excluding hydrogens is 390 g/mol. The van der Waals surface area contributed by atoms with Crippen molar-refractivity contribution in [3.05, 3.63) is 69.4 Å². The van der Waals surface area contributed by atoms with Crippen LogP contribution in [0, 0.1) is 0 Å². The Morgan fingerprint density at radius 3 is 2.68 bits per heavy atom. The van der Waals surface area contributed by atoms with Crippen molar-refractivity contribution in [1.29, 1.82) is 0 Å². The number of benzene rings is 1. The summed E-state index contributed by atoms with van der Waals surface area (Å²) >= 11 is 0. The summed E-state index contributed by atoms with van der Waals surface area (Å²) in [6.07, 6.45) is 3.12. The first-order chi connectivity index (χ1) is 14.8. The first kappa shape index (κ1) is 19.9. The summed E-state index contributed by atoms with van der Waals surface area (Å²) < 4.78 is 13.8. The molecule has 0 atom stereocenters. The average Bonchev–Trinajstić information content (AvgIpc) is 3.12. The number of pyridine rings is 1. The van der Waals surface area contributed by atoms with Crippen molar-refractivity contribution < 1.29 is 9.15 Å². The maximum absolute atomic E-state index is 13.2. The predicted octanol–water partition coefficient (Wildman–Crippen LogP) is 4.76. The van der Waals surface area contributed by atoms with Crippen molar-refractivity contribution in [3.8, 4) is 0 Å². The first-order valence-electron chi connectivity index (χ1n) is 10.9. The van der Waals surface area contributed by atoms with Gasteiger partial charge in [-0.15, -0.1) is 0 Å². The van der Waals surface area contributed by atoms with Crippen LogP contribution in [-0.4, -0.2) is 20.1 Å². The second kappa shape index (κ2) is 7.31. The maximum Gasteiger partial charge on any atom is 0.297 e. The van der Waals surface area contributed by atoms with Crippen LogP contribution in [0.2, 0.25) is 0 Å². The monoisotopic (exact) mass is 417 g/mol. The highest BCUT2D eigenvalue weighted by atomic mass is 16.5. The lowest BCUT2D eigenvalue weighted by atomic mass is 9.87. The highest BCUT2D eigenvalue weighted by Crippen LogP contribution is 2.39. The van der Waals surface area contributed by atoms with Gasteiger partial charge < -0.3 is 9.15 Å². The number of aromatic nitrogens is 3. The topological polar surface area (TPSA) is 70.2 Å². The summed E-state index contributed by atoms with van der Waals surface area (Å²) in [5.41, 5.74) is 5.35. The number of fused-ring (bicyclic) bond motifs is 5. The third kappa shape index (κ3) is 3.45. The van der Waals surface area contributed by atoms with Gasteiger partial charge >= 0.3 is 0 Å². The molecule has 5 rings (SSSR count). The Morgan fingerprint density at radius 1 is 1.16 bits per heavy atom. The zero-order valence-corrected chi connectivity index (χ0v) is 18.4. The summed E-state index contributed by atoms with van der Waals surface area (Å²) in [5, 5.41) is 0.859. The molecule has 0 bridgehead atoms. The molecule has 0 amide bonds. The molecule has 1 aromatic carbocycles. The van der Waals surface area contributed by atoms with E-state index in [4.69, 9.17) is 14.1 Å². The van der Waals surface area contributed by atoms with Crippen molar-refractivity contribution in [2.45, 2.75) is 65.2 Å². The SMILES string of the molecule is CC(C)c1nc2oc3c(=O)n(CCc4ccccc4)cnc3c2c2c1COC(C)(C)C2. The number of furan rings is 1. The zero-order chi connectivity index (χ0) is 21.8. The van der Waals surface area contributed by atoms with Gasteiger partial charge in [-0.25, -0.2) is 9.97 Å². The van der Waals surface area contributed by atoms with E-state index in [1.54, 1.807) is 10.9 Å². The number of ether oxygens (including phenoxy) is 1. The van der Waals surface area contributed by atoms with E-state index in [2.05, 4.69) is 44.8 Å². The average molecular weight is 418 g/mol. The molecule has 1 aliphatic heterocycles. The molecule has 0 fully saturated rings. The van der Waals surface area contributed by atoms with E-state index in [1.807, 2.05) is 18.2 Å². The second-order valence-corrected chi connectivity index (χ2v) is 9.27. The highest BCUT2D eigenvalue weighted by Gasteiger charge is 2.32. The van der Waals surface area contributed by atoms with Crippen LogP contribution in [0.4, 0.5) is 0 Å². The molecular formula is C25H27N3O3. The van der Waals surface area contributed by atoms with E-state index in [0.29, 0.717) is 24.4 Å². The van der Waals surface area contributed by atoms with Crippen LogP contribution in [0.15, 0.2) is 45.9 Å². The minimum atomic E-state index is -0.288. The van der Waals surface area contributed by atoms with Gasteiger partial charge in [0.15, 0.2) is 0 Å². The van der Waals surface area contributed by atoms with Crippen LogP contribution in [-0.2, 0) is 30.7 Å².